The van der Waals surface area contributed by atoms with Crippen molar-refractivity contribution in [3.05, 3.63) is 23.9 Å². The molecule has 0 aliphatic carbocycles. The van der Waals surface area contributed by atoms with Crippen LogP contribution in [-0.2, 0) is 4.74 Å². The van der Waals surface area contributed by atoms with E-state index < -0.39 is 0 Å². The lowest BCUT2D eigenvalue weighted by atomic mass is 10.1. The van der Waals surface area contributed by atoms with E-state index in [0.717, 1.165) is 18.6 Å². The van der Waals surface area contributed by atoms with Gasteiger partial charge in [0.05, 0.1) is 6.10 Å². The maximum absolute atomic E-state index is 5.54. The van der Waals surface area contributed by atoms with Crippen LogP contribution >= 0.6 is 0 Å². The molecule has 0 aromatic carbocycles. The molecule has 3 heteroatoms. The second kappa shape index (κ2) is 4.82. The largest absolute Gasteiger partial charge is 0.384 e. The summed E-state index contributed by atoms with van der Waals surface area (Å²) in [5, 5.41) is 0. The van der Waals surface area contributed by atoms with Gasteiger partial charge in [-0.15, -0.1) is 0 Å². The van der Waals surface area contributed by atoms with Crippen LogP contribution in [0.5, 0.6) is 0 Å². The summed E-state index contributed by atoms with van der Waals surface area (Å²) < 4.78 is 5.54. The molecule has 0 unspecified atom stereocenters. The van der Waals surface area contributed by atoms with Crippen LogP contribution in [0.4, 0.5) is 5.82 Å². The van der Waals surface area contributed by atoms with E-state index in [0.29, 0.717) is 5.82 Å². The van der Waals surface area contributed by atoms with E-state index >= 15 is 0 Å². The second-order valence-electron chi connectivity index (χ2n) is 2.87. The molecule has 0 aliphatic heterocycles. The van der Waals surface area contributed by atoms with Gasteiger partial charge in [-0.1, -0.05) is 13.0 Å². The molecule has 0 bridgehead atoms. The highest BCUT2D eigenvalue weighted by Gasteiger charge is 2.08. The van der Waals surface area contributed by atoms with E-state index in [9.17, 15) is 0 Å². The third-order valence-corrected chi connectivity index (χ3v) is 1.92. The van der Waals surface area contributed by atoms with Crippen LogP contribution < -0.4 is 5.73 Å². The fourth-order valence-corrected chi connectivity index (χ4v) is 1.26. The Bertz CT molecular complexity index is 246. The van der Waals surface area contributed by atoms with Crippen LogP contribution in [0.25, 0.3) is 0 Å². The van der Waals surface area contributed by atoms with Crippen molar-refractivity contribution in [2.24, 2.45) is 0 Å². The quantitative estimate of drug-likeness (QED) is 0.772. The van der Waals surface area contributed by atoms with Crippen LogP contribution in [0.2, 0.25) is 0 Å². The van der Waals surface area contributed by atoms with Gasteiger partial charge < -0.3 is 10.5 Å². The lowest BCUT2D eigenvalue weighted by Crippen LogP contribution is -2.03. The van der Waals surface area contributed by atoms with Crippen molar-refractivity contribution < 1.29 is 4.74 Å². The normalized spacial score (nSPS) is 12.8. The Hall–Kier alpha value is -1.09. The zero-order chi connectivity index (χ0) is 9.68. The number of hydrogen-bond acceptors (Lipinski definition) is 3. The van der Waals surface area contributed by atoms with Crippen molar-refractivity contribution in [2.45, 2.75) is 26.4 Å². The summed E-state index contributed by atoms with van der Waals surface area (Å²) >= 11 is 0. The molecule has 0 saturated carbocycles. The molecule has 3 nitrogen and oxygen atoms in total. The number of ether oxygens (including phenoxy) is 1. The molecule has 0 radical (unpaired) electrons. The first-order chi connectivity index (χ1) is 6.27. The number of pyridine rings is 1. The van der Waals surface area contributed by atoms with E-state index in [1.54, 1.807) is 12.3 Å². The summed E-state index contributed by atoms with van der Waals surface area (Å²) in [7, 11) is 0. The van der Waals surface area contributed by atoms with Crippen LogP contribution in [0.1, 0.15) is 31.9 Å². The Morgan fingerprint density at radius 3 is 2.69 bits per heavy atom. The van der Waals surface area contributed by atoms with Gasteiger partial charge in [-0.2, -0.15) is 0 Å². The van der Waals surface area contributed by atoms with Gasteiger partial charge in [-0.3, -0.25) is 0 Å². The van der Waals surface area contributed by atoms with Gasteiger partial charge in [0.2, 0.25) is 0 Å². The molecule has 0 saturated heterocycles. The van der Waals surface area contributed by atoms with Crippen molar-refractivity contribution in [3.8, 4) is 0 Å². The Labute approximate surface area is 78.9 Å². The van der Waals surface area contributed by atoms with Gasteiger partial charge in [-0.25, -0.2) is 4.98 Å². The molecule has 1 aromatic rings. The van der Waals surface area contributed by atoms with Crippen LogP contribution in [0.3, 0.4) is 0 Å². The van der Waals surface area contributed by atoms with Crippen molar-refractivity contribution in [1.29, 1.82) is 0 Å². The Morgan fingerprint density at radius 1 is 1.46 bits per heavy atom. The lowest BCUT2D eigenvalue weighted by molar-refractivity contribution is 0.0596. The summed E-state index contributed by atoms with van der Waals surface area (Å²) in [5.41, 5.74) is 6.59. The molecular formula is C10H16N2O. The van der Waals surface area contributed by atoms with Crippen molar-refractivity contribution in [2.75, 3.05) is 12.3 Å². The van der Waals surface area contributed by atoms with Crippen molar-refractivity contribution in [3.63, 3.8) is 0 Å². The first-order valence-electron chi connectivity index (χ1n) is 4.61. The highest BCUT2D eigenvalue weighted by Crippen LogP contribution is 2.20. The average Bonchev–Trinajstić information content (AvgIpc) is 2.16. The molecule has 0 aliphatic rings. The van der Waals surface area contributed by atoms with E-state index in [4.69, 9.17) is 10.5 Å². The first-order valence-corrected chi connectivity index (χ1v) is 4.61. The molecule has 0 amide bonds. The standard InChI is InChI=1S/C10H16N2O/c1-3-9(13-4-2)8-5-6-10(11)12-7-8/h5-7,9H,3-4H2,1-2H3,(H2,11,12)/t9-/m1/s1. The molecule has 72 valence electrons. The molecular weight excluding hydrogens is 164 g/mol. The number of hydrogen-bond donors (Lipinski definition) is 1. The van der Waals surface area contributed by atoms with E-state index in [-0.39, 0.29) is 6.10 Å². The van der Waals surface area contributed by atoms with Crippen LogP contribution in [0, 0.1) is 0 Å². The second-order valence-corrected chi connectivity index (χ2v) is 2.87. The Morgan fingerprint density at radius 2 is 2.23 bits per heavy atom. The topological polar surface area (TPSA) is 48.1 Å². The molecule has 0 fully saturated rings. The summed E-state index contributed by atoms with van der Waals surface area (Å²) in [5.74, 6) is 0.551. The maximum atomic E-state index is 5.54. The molecule has 1 heterocycles. The number of rotatable bonds is 4. The van der Waals surface area contributed by atoms with Gasteiger partial charge >= 0.3 is 0 Å². The number of anilines is 1. The lowest BCUT2D eigenvalue weighted by Gasteiger charge is -2.14. The minimum absolute atomic E-state index is 0.151. The summed E-state index contributed by atoms with van der Waals surface area (Å²) in [6, 6.07) is 3.77. The van der Waals surface area contributed by atoms with Gasteiger partial charge in [0.25, 0.3) is 0 Å². The van der Waals surface area contributed by atoms with Gasteiger partial charge in [0.1, 0.15) is 5.82 Å². The molecule has 1 atom stereocenters. The van der Waals surface area contributed by atoms with E-state index in [2.05, 4.69) is 11.9 Å². The fourth-order valence-electron chi connectivity index (χ4n) is 1.26. The number of aromatic nitrogens is 1. The van der Waals surface area contributed by atoms with Crippen molar-refractivity contribution >= 4 is 5.82 Å². The summed E-state index contributed by atoms with van der Waals surface area (Å²) in [6.07, 6.45) is 2.89. The van der Waals surface area contributed by atoms with E-state index in [1.165, 1.54) is 0 Å². The molecule has 2 N–H and O–H groups in total. The highest BCUT2D eigenvalue weighted by atomic mass is 16.5. The highest BCUT2D eigenvalue weighted by molar-refractivity contribution is 5.30. The van der Waals surface area contributed by atoms with Crippen molar-refractivity contribution in [1.82, 2.24) is 4.98 Å². The average molecular weight is 180 g/mol. The third kappa shape index (κ3) is 2.70. The smallest absolute Gasteiger partial charge is 0.123 e. The van der Waals surface area contributed by atoms with Gasteiger partial charge in [0.15, 0.2) is 0 Å². The maximum Gasteiger partial charge on any atom is 0.123 e. The molecule has 1 rings (SSSR count). The third-order valence-electron chi connectivity index (χ3n) is 1.92. The summed E-state index contributed by atoms with van der Waals surface area (Å²) in [4.78, 5) is 4.03. The monoisotopic (exact) mass is 180 g/mol. The number of nitrogens with two attached hydrogens (primary N) is 1. The molecule has 0 spiro atoms. The molecule has 13 heavy (non-hydrogen) atoms. The Balaban J connectivity index is 2.73. The van der Waals surface area contributed by atoms with Crippen LogP contribution in [0.15, 0.2) is 18.3 Å². The predicted molar refractivity (Wildman–Crippen MR) is 53.3 cm³/mol. The predicted octanol–water partition coefficient (Wildman–Crippen LogP) is 2.15. The zero-order valence-corrected chi connectivity index (χ0v) is 8.16. The van der Waals surface area contributed by atoms with Crippen LogP contribution in [-0.4, -0.2) is 11.6 Å². The minimum Gasteiger partial charge on any atom is -0.384 e. The SMILES string of the molecule is CCO[C@H](CC)c1ccc(N)nc1. The number of nitrogens with zero attached hydrogens (tertiary/aromatic N) is 1. The van der Waals surface area contributed by atoms with Gasteiger partial charge in [-0.05, 0) is 25.0 Å². The first kappa shape index (κ1) is 9.99. The molecule has 1 aromatic heterocycles. The number of nitrogen functional groups attached to an aromatic ring is 1. The Kier molecular flexibility index (Phi) is 3.71. The minimum atomic E-state index is 0.151. The van der Waals surface area contributed by atoms with E-state index in [1.807, 2.05) is 13.0 Å². The zero-order valence-electron chi connectivity index (χ0n) is 8.16. The van der Waals surface area contributed by atoms with Gasteiger partial charge in [0, 0.05) is 12.8 Å². The summed E-state index contributed by atoms with van der Waals surface area (Å²) in [6.45, 7) is 4.81. The fraction of sp³-hybridized carbons (Fsp3) is 0.500.